The van der Waals surface area contributed by atoms with Crippen LogP contribution in [0.25, 0.3) is 22.0 Å². The third kappa shape index (κ3) is 1.93. The number of aryl methyl sites for hydroxylation is 1. The molecule has 0 saturated carbocycles. The first-order chi connectivity index (χ1) is 15.8. The van der Waals surface area contributed by atoms with Gasteiger partial charge in [0.1, 0.15) is 6.17 Å². The lowest BCUT2D eigenvalue weighted by Gasteiger charge is -2.55. The number of para-hydroxylation sites is 1. The monoisotopic (exact) mass is 431 g/mol. The SMILES string of the molecule is Cc1ccc2c3c1N1c4c(cccc4C3(C)C(C)(C)c3c-2ccc2cccnc32)N(C)[C@@H]1C. The summed E-state index contributed by atoms with van der Waals surface area (Å²) in [6.07, 6.45) is 2.22. The molecule has 1 unspecified atom stereocenters. The van der Waals surface area contributed by atoms with Gasteiger partial charge in [0.15, 0.2) is 0 Å². The number of benzene rings is 3. The smallest absolute Gasteiger partial charge is 0.103 e. The van der Waals surface area contributed by atoms with E-state index in [2.05, 4.69) is 100.0 Å². The molecule has 7 rings (SSSR count). The molecule has 1 aliphatic carbocycles. The van der Waals surface area contributed by atoms with Crippen LogP contribution in [0.4, 0.5) is 17.1 Å². The highest BCUT2D eigenvalue weighted by Gasteiger charge is 2.57. The van der Waals surface area contributed by atoms with Gasteiger partial charge in [-0.15, -0.1) is 0 Å². The van der Waals surface area contributed by atoms with Gasteiger partial charge in [0, 0.05) is 29.5 Å². The molecule has 0 amide bonds. The van der Waals surface area contributed by atoms with Crippen LogP contribution in [0, 0.1) is 6.92 Å². The van der Waals surface area contributed by atoms with Gasteiger partial charge in [-0.05, 0) is 59.4 Å². The highest BCUT2D eigenvalue weighted by atomic mass is 15.4. The Kier molecular flexibility index (Phi) is 3.35. The Morgan fingerprint density at radius 2 is 1.61 bits per heavy atom. The largest absolute Gasteiger partial charge is 0.353 e. The van der Waals surface area contributed by atoms with Crippen molar-refractivity contribution in [2.75, 3.05) is 16.8 Å². The predicted octanol–water partition coefficient (Wildman–Crippen LogP) is 7.05. The summed E-state index contributed by atoms with van der Waals surface area (Å²) < 4.78 is 0. The number of rotatable bonds is 0. The van der Waals surface area contributed by atoms with Crippen molar-refractivity contribution in [1.29, 1.82) is 0 Å². The van der Waals surface area contributed by atoms with Gasteiger partial charge in [0.25, 0.3) is 0 Å². The molecule has 33 heavy (non-hydrogen) atoms. The number of hydrogen-bond acceptors (Lipinski definition) is 3. The Labute approximate surface area is 195 Å². The van der Waals surface area contributed by atoms with E-state index in [0.29, 0.717) is 0 Å². The molecule has 3 heterocycles. The van der Waals surface area contributed by atoms with E-state index in [0.717, 1.165) is 5.52 Å². The maximum Gasteiger partial charge on any atom is 0.103 e. The van der Waals surface area contributed by atoms with E-state index >= 15 is 0 Å². The number of fused-ring (bicyclic) bond motifs is 6. The molecule has 164 valence electrons. The average molecular weight is 432 g/mol. The van der Waals surface area contributed by atoms with E-state index in [1.807, 2.05) is 12.3 Å². The normalized spacial score (nSPS) is 23.4. The van der Waals surface area contributed by atoms with Gasteiger partial charge in [-0.3, -0.25) is 4.98 Å². The van der Waals surface area contributed by atoms with Crippen molar-refractivity contribution in [2.45, 2.75) is 51.6 Å². The van der Waals surface area contributed by atoms with Crippen LogP contribution in [-0.2, 0) is 10.8 Å². The Hall–Kier alpha value is -3.33. The zero-order valence-electron chi connectivity index (χ0n) is 20.2. The van der Waals surface area contributed by atoms with Gasteiger partial charge < -0.3 is 9.80 Å². The Morgan fingerprint density at radius 3 is 2.42 bits per heavy atom. The second kappa shape index (κ2) is 5.77. The molecular weight excluding hydrogens is 402 g/mol. The van der Waals surface area contributed by atoms with Crippen LogP contribution in [-0.4, -0.2) is 18.2 Å². The van der Waals surface area contributed by atoms with Gasteiger partial charge in [0.05, 0.1) is 22.6 Å². The summed E-state index contributed by atoms with van der Waals surface area (Å²) in [6.45, 7) is 12.0. The minimum atomic E-state index is -0.185. The summed E-state index contributed by atoms with van der Waals surface area (Å²) >= 11 is 0. The quantitative estimate of drug-likeness (QED) is 0.297. The number of hydrogen-bond donors (Lipinski definition) is 0. The van der Waals surface area contributed by atoms with Gasteiger partial charge in [-0.1, -0.05) is 63.2 Å². The lowest BCUT2D eigenvalue weighted by Crippen LogP contribution is -2.51. The highest BCUT2D eigenvalue weighted by Crippen LogP contribution is 2.67. The van der Waals surface area contributed by atoms with Crippen molar-refractivity contribution in [3.8, 4) is 11.1 Å². The molecular formula is C30H29N3. The van der Waals surface area contributed by atoms with Gasteiger partial charge in [0.2, 0.25) is 0 Å². The molecule has 3 aromatic carbocycles. The molecule has 0 radical (unpaired) electrons. The summed E-state index contributed by atoms with van der Waals surface area (Å²) in [4.78, 5) is 9.95. The maximum atomic E-state index is 4.93. The minimum Gasteiger partial charge on any atom is -0.353 e. The van der Waals surface area contributed by atoms with Crippen molar-refractivity contribution in [1.82, 2.24) is 4.98 Å². The summed E-state index contributed by atoms with van der Waals surface area (Å²) in [5.74, 6) is 0. The first kappa shape index (κ1) is 19.2. The number of anilines is 3. The Bertz CT molecular complexity index is 1520. The third-order valence-electron chi connectivity index (χ3n) is 9.17. The molecule has 0 N–H and O–H groups in total. The molecule has 1 aromatic heterocycles. The fourth-order valence-electron chi connectivity index (χ4n) is 7.11. The lowest BCUT2D eigenvalue weighted by molar-refractivity contribution is 0.326. The highest BCUT2D eigenvalue weighted by molar-refractivity contribution is 6.01. The molecule has 0 spiro atoms. The predicted molar refractivity (Wildman–Crippen MR) is 138 cm³/mol. The van der Waals surface area contributed by atoms with Gasteiger partial charge >= 0.3 is 0 Å². The molecule has 3 nitrogen and oxygen atoms in total. The number of pyridine rings is 1. The van der Waals surface area contributed by atoms with Crippen molar-refractivity contribution < 1.29 is 0 Å². The van der Waals surface area contributed by atoms with Gasteiger partial charge in [-0.25, -0.2) is 0 Å². The second-order valence-electron chi connectivity index (χ2n) is 10.8. The minimum absolute atomic E-state index is 0.155. The zero-order chi connectivity index (χ0) is 22.9. The van der Waals surface area contributed by atoms with E-state index in [1.54, 1.807) is 0 Å². The number of nitrogens with zero attached hydrogens (tertiary/aromatic N) is 3. The van der Waals surface area contributed by atoms with Crippen LogP contribution >= 0.6 is 0 Å². The summed E-state index contributed by atoms with van der Waals surface area (Å²) in [6, 6.07) is 20.4. The number of aromatic nitrogens is 1. The topological polar surface area (TPSA) is 19.4 Å². The van der Waals surface area contributed by atoms with Crippen molar-refractivity contribution in [3.63, 3.8) is 0 Å². The summed E-state index contributed by atoms with van der Waals surface area (Å²) in [5.41, 5.74) is 13.2. The van der Waals surface area contributed by atoms with Crippen LogP contribution < -0.4 is 9.80 Å². The van der Waals surface area contributed by atoms with E-state index in [4.69, 9.17) is 4.98 Å². The Morgan fingerprint density at radius 1 is 0.848 bits per heavy atom. The third-order valence-corrected chi connectivity index (χ3v) is 9.17. The first-order valence-corrected chi connectivity index (χ1v) is 12.0. The molecule has 0 bridgehead atoms. The van der Waals surface area contributed by atoms with E-state index in [1.165, 1.54) is 55.8 Å². The second-order valence-corrected chi connectivity index (χ2v) is 10.8. The van der Waals surface area contributed by atoms with Gasteiger partial charge in [-0.2, -0.15) is 0 Å². The standard InChI is InChI=1S/C30H29N3/c1-17-12-14-21-20-15-13-19-9-8-16-31-26(19)24(20)29(3,4)30(5)22-10-7-11-23-28(22)33(18(2)32(23)6)27(17)25(21)30/h7-16,18H,1-6H3/t18-,30?/m0/s1. The summed E-state index contributed by atoms with van der Waals surface area (Å²) in [5, 5.41) is 1.22. The van der Waals surface area contributed by atoms with Crippen molar-refractivity contribution in [2.24, 2.45) is 0 Å². The molecule has 4 aromatic rings. The first-order valence-electron chi connectivity index (χ1n) is 12.0. The van der Waals surface area contributed by atoms with E-state index < -0.39 is 0 Å². The maximum absolute atomic E-state index is 4.93. The lowest BCUT2D eigenvalue weighted by atomic mass is 9.50. The summed E-state index contributed by atoms with van der Waals surface area (Å²) in [7, 11) is 2.23. The van der Waals surface area contributed by atoms with Crippen LogP contribution in [0.3, 0.4) is 0 Å². The Balaban J connectivity index is 1.72. The van der Waals surface area contributed by atoms with Crippen LogP contribution in [0.2, 0.25) is 0 Å². The van der Waals surface area contributed by atoms with E-state index in [9.17, 15) is 0 Å². The molecule has 3 heteroatoms. The fraction of sp³-hybridized carbons (Fsp3) is 0.300. The zero-order valence-corrected chi connectivity index (χ0v) is 20.2. The average Bonchev–Trinajstić information content (AvgIpc) is 3.06. The van der Waals surface area contributed by atoms with Crippen LogP contribution in [0.1, 0.15) is 49.9 Å². The van der Waals surface area contributed by atoms with Crippen LogP contribution in [0.5, 0.6) is 0 Å². The molecule has 0 saturated heterocycles. The molecule has 2 aliphatic heterocycles. The fourth-order valence-corrected chi connectivity index (χ4v) is 7.11. The molecule has 3 aliphatic rings. The molecule has 0 fully saturated rings. The van der Waals surface area contributed by atoms with Crippen molar-refractivity contribution in [3.05, 3.63) is 83.0 Å². The molecule has 2 atom stereocenters. The van der Waals surface area contributed by atoms with E-state index in [-0.39, 0.29) is 17.0 Å². The van der Waals surface area contributed by atoms with Crippen LogP contribution in [0.15, 0.2) is 60.8 Å². The van der Waals surface area contributed by atoms with Crippen molar-refractivity contribution >= 4 is 28.0 Å².